The zero-order valence-corrected chi connectivity index (χ0v) is 42.2. The van der Waals surface area contributed by atoms with Crippen molar-refractivity contribution in [1.82, 2.24) is 10.2 Å². The lowest BCUT2D eigenvalue weighted by atomic mass is 9.94. The molecular formula is C58H66F6N2O7. The minimum absolute atomic E-state index is 0.000176. The van der Waals surface area contributed by atoms with Crippen LogP contribution in [0.5, 0.6) is 11.5 Å². The van der Waals surface area contributed by atoms with Crippen molar-refractivity contribution >= 4 is 11.9 Å². The molecule has 6 rings (SSSR count). The van der Waals surface area contributed by atoms with Crippen LogP contribution in [0, 0.1) is 0 Å². The Bertz CT molecular complexity index is 2550. The van der Waals surface area contributed by atoms with Gasteiger partial charge in [-0.15, -0.1) is 0 Å². The van der Waals surface area contributed by atoms with E-state index in [0.29, 0.717) is 44.1 Å². The van der Waals surface area contributed by atoms with E-state index in [1.165, 1.54) is 28.8 Å². The third-order valence-corrected chi connectivity index (χ3v) is 11.4. The third-order valence-electron chi connectivity index (χ3n) is 11.4. The van der Waals surface area contributed by atoms with Gasteiger partial charge in [-0.3, -0.25) is 9.59 Å². The second-order valence-corrected chi connectivity index (χ2v) is 16.6. The number of hydrogen-bond acceptors (Lipinski definition) is 7. The summed E-state index contributed by atoms with van der Waals surface area (Å²) in [5, 5.41) is 11.9. The normalized spacial score (nSPS) is 12.1. The fraction of sp³-hybridized carbons (Fsp3) is 0.345. The van der Waals surface area contributed by atoms with E-state index in [1.807, 2.05) is 95.3 Å². The first kappa shape index (κ1) is 58.9. The van der Waals surface area contributed by atoms with Crippen LogP contribution in [0.2, 0.25) is 0 Å². The Balaban J connectivity index is 0.000000265. The standard InChI is InChI=1S/C29H32F3NO3.C20H27NO2.C9H7F3O2/c1-4-35-19-18-33(28(34)20-22-10-14-24(15-11-22)29(30,31)32)21(3)26-8-6-7-9-27(26)23-12-16-25(17-13-23)36-5-2;1-4-22-15-14-21-16(3)19-8-6-7-9-20(19)17-10-12-18(13-11-17)23-5-2;10-9(11,12)7-3-1-6(2-4-7)5-8(13)14/h6-17,21H,4-5,18-20H2,1-3H3;6-13,16,21H,4-5,14-15H2,1-3H3;1-4H,5H2,(H,13,14). The van der Waals surface area contributed by atoms with E-state index < -0.39 is 29.4 Å². The van der Waals surface area contributed by atoms with Crippen molar-refractivity contribution in [3.8, 4) is 33.8 Å². The number of benzene rings is 6. The predicted octanol–water partition coefficient (Wildman–Crippen LogP) is 13.7. The molecule has 0 aliphatic heterocycles. The van der Waals surface area contributed by atoms with Crippen LogP contribution in [0.1, 0.15) is 87.0 Å². The Morgan fingerprint density at radius 3 is 1.41 bits per heavy atom. The molecule has 0 aliphatic carbocycles. The van der Waals surface area contributed by atoms with Gasteiger partial charge in [0.1, 0.15) is 11.5 Å². The van der Waals surface area contributed by atoms with Crippen LogP contribution in [0.3, 0.4) is 0 Å². The number of rotatable bonds is 22. The van der Waals surface area contributed by atoms with E-state index in [9.17, 15) is 35.9 Å². The highest BCUT2D eigenvalue weighted by atomic mass is 19.4. The monoisotopic (exact) mass is 1020 g/mol. The largest absolute Gasteiger partial charge is 0.494 e. The lowest BCUT2D eigenvalue weighted by Crippen LogP contribution is -2.37. The lowest BCUT2D eigenvalue weighted by molar-refractivity contribution is -0.138. The van der Waals surface area contributed by atoms with E-state index in [-0.39, 0.29) is 30.8 Å². The summed E-state index contributed by atoms with van der Waals surface area (Å²) >= 11 is 0. The average molecular weight is 1020 g/mol. The summed E-state index contributed by atoms with van der Waals surface area (Å²) in [6.07, 6.45) is -9.05. The maximum atomic E-state index is 13.4. The zero-order valence-electron chi connectivity index (χ0n) is 42.2. The van der Waals surface area contributed by atoms with Crippen LogP contribution in [0.4, 0.5) is 26.3 Å². The van der Waals surface area contributed by atoms with Gasteiger partial charge in [0.15, 0.2) is 0 Å². The van der Waals surface area contributed by atoms with Gasteiger partial charge in [-0.25, -0.2) is 0 Å². The number of alkyl halides is 6. The lowest BCUT2D eigenvalue weighted by Gasteiger charge is -2.31. The number of carbonyl (C=O) groups is 2. The summed E-state index contributed by atoms with van der Waals surface area (Å²) in [6.45, 7) is 16.9. The van der Waals surface area contributed by atoms with E-state index in [4.69, 9.17) is 24.1 Å². The van der Waals surface area contributed by atoms with Crippen LogP contribution in [-0.2, 0) is 44.3 Å². The highest BCUT2D eigenvalue weighted by Gasteiger charge is 2.31. The van der Waals surface area contributed by atoms with Crippen LogP contribution >= 0.6 is 0 Å². The first-order chi connectivity index (χ1) is 34.9. The molecule has 9 nitrogen and oxygen atoms in total. The molecular weight excluding hydrogens is 951 g/mol. The van der Waals surface area contributed by atoms with Crippen LogP contribution in [-0.4, -0.2) is 74.6 Å². The van der Waals surface area contributed by atoms with Gasteiger partial charge in [0.2, 0.25) is 5.91 Å². The molecule has 392 valence electrons. The van der Waals surface area contributed by atoms with Gasteiger partial charge in [-0.1, -0.05) is 97.1 Å². The highest BCUT2D eigenvalue weighted by Crippen LogP contribution is 2.34. The topological polar surface area (TPSA) is 107 Å². The third kappa shape index (κ3) is 19.4. The molecule has 2 unspecified atom stereocenters. The van der Waals surface area contributed by atoms with Crippen molar-refractivity contribution in [1.29, 1.82) is 0 Å². The predicted molar refractivity (Wildman–Crippen MR) is 274 cm³/mol. The molecule has 0 bridgehead atoms. The molecule has 6 aromatic rings. The summed E-state index contributed by atoms with van der Waals surface area (Å²) in [4.78, 5) is 25.4. The van der Waals surface area contributed by atoms with E-state index in [1.54, 1.807) is 4.90 Å². The molecule has 2 N–H and O–H groups in total. The highest BCUT2D eigenvalue weighted by molar-refractivity contribution is 5.80. The fourth-order valence-electron chi connectivity index (χ4n) is 7.74. The Morgan fingerprint density at radius 2 is 0.973 bits per heavy atom. The molecule has 0 heterocycles. The maximum Gasteiger partial charge on any atom is 0.416 e. The molecule has 6 aromatic carbocycles. The SMILES string of the molecule is CCOCCN(C(=O)Cc1ccc(C(F)(F)F)cc1)C(C)c1ccccc1-c1ccc(OCC)cc1.CCOCCNC(C)c1ccccc1-c1ccc(OCC)cc1.O=C(O)Cc1ccc(C(F)(F)F)cc1. The Hall–Kier alpha value is -6.68. The maximum absolute atomic E-state index is 13.4. The molecule has 0 aromatic heterocycles. The van der Waals surface area contributed by atoms with E-state index in [2.05, 4.69) is 48.6 Å². The van der Waals surface area contributed by atoms with Crippen LogP contribution in [0.25, 0.3) is 22.3 Å². The van der Waals surface area contributed by atoms with Gasteiger partial charge < -0.3 is 34.3 Å². The van der Waals surface area contributed by atoms with Gasteiger partial charge in [-0.2, -0.15) is 26.3 Å². The smallest absolute Gasteiger partial charge is 0.416 e. The molecule has 0 fully saturated rings. The van der Waals surface area contributed by atoms with E-state index >= 15 is 0 Å². The summed E-state index contributed by atoms with van der Waals surface area (Å²) < 4.78 is 96.9. The van der Waals surface area contributed by atoms with Crippen molar-refractivity contribution < 1.29 is 60.0 Å². The van der Waals surface area contributed by atoms with Crippen molar-refractivity contribution in [3.63, 3.8) is 0 Å². The number of hydrogen-bond donors (Lipinski definition) is 2. The minimum Gasteiger partial charge on any atom is -0.494 e. The summed E-state index contributed by atoms with van der Waals surface area (Å²) in [7, 11) is 0. The quantitative estimate of drug-likeness (QED) is 0.0512. The first-order valence-electron chi connectivity index (χ1n) is 24.3. The van der Waals surface area contributed by atoms with Crippen molar-refractivity contribution in [3.05, 3.63) is 179 Å². The van der Waals surface area contributed by atoms with Gasteiger partial charge in [0, 0.05) is 32.3 Å². The average Bonchev–Trinajstić information content (AvgIpc) is 3.37. The minimum atomic E-state index is -4.41. The number of halogens is 6. The molecule has 0 aliphatic rings. The Labute approximate surface area is 425 Å². The summed E-state index contributed by atoms with van der Waals surface area (Å²) in [5.74, 6) is 0.460. The molecule has 0 spiro atoms. The number of nitrogens with one attached hydrogen (secondary N) is 1. The number of nitrogens with zero attached hydrogens (tertiary/aromatic N) is 1. The first-order valence-corrected chi connectivity index (χ1v) is 24.3. The number of ether oxygens (including phenoxy) is 4. The van der Waals surface area contributed by atoms with Gasteiger partial charge in [0.05, 0.1) is 56.4 Å². The van der Waals surface area contributed by atoms with Gasteiger partial charge in [0.25, 0.3) is 0 Å². The molecule has 73 heavy (non-hydrogen) atoms. The summed E-state index contributed by atoms with van der Waals surface area (Å²) in [5.41, 5.74) is 6.11. The summed E-state index contributed by atoms with van der Waals surface area (Å²) in [6, 6.07) is 41.4. The molecule has 2 atom stereocenters. The van der Waals surface area contributed by atoms with Crippen molar-refractivity contribution in [2.24, 2.45) is 0 Å². The van der Waals surface area contributed by atoms with Crippen molar-refractivity contribution in [2.45, 2.75) is 78.8 Å². The number of amides is 1. The Kier molecular flexibility index (Phi) is 24.0. The van der Waals surface area contributed by atoms with Gasteiger partial charge in [-0.05, 0) is 135 Å². The molecule has 0 radical (unpaired) electrons. The molecule has 0 saturated heterocycles. The van der Waals surface area contributed by atoms with Crippen LogP contribution in [0.15, 0.2) is 146 Å². The second kappa shape index (κ2) is 29.7. The Morgan fingerprint density at radius 1 is 0.548 bits per heavy atom. The number of carbonyl (C=O) groups excluding carboxylic acids is 1. The number of aliphatic carboxylic acids is 1. The second-order valence-electron chi connectivity index (χ2n) is 16.6. The molecule has 1 amide bonds. The zero-order chi connectivity index (χ0) is 53.4. The molecule has 0 saturated carbocycles. The fourth-order valence-corrected chi connectivity index (χ4v) is 7.74. The van der Waals surface area contributed by atoms with Crippen molar-refractivity contribution in [2.75, 3.05) is 52.7 Å². The molecule has 15 heteroatoms. The van der Waals surface area contributed by atoms with Gasteiger partial charge >= 0.3 is 18.3 Å². The number of carboxylic acids is 1. The van der Waals surface area contributed by atoms with E-state index in [0.717, 1.165) is 84.3 Å². The number of carboxylic acid groups (broad SMARTS) is 1. The van der Waals surface area contributed by atoms with Crippen LogP contribution < -0.4 is 14.8 Å².